The molecule has 1 rings (SSSR count). The Morgan fingerprint density at radius 3 is 1.15 bits per heavy atom. The Bertz CT molecular complexity index is 864. The lowest BCUT2D eigenvalue weighted by Crippen LogP contribution is -2.29. The van der Waals surface area contributed by atoms with Crippen LogP contribution in [0.3, 0.4) is 0 Å². The molecule has 0 heterocycles. The number of carbonyl (C=O) groups is 2. The highest BCUT2D eigenvalue weighted by molar-refractivity contribution is 5.93. The first-order valence-electron chi connectivity index (χ1n) is 17.3. The third-order valence-electron chi connectivity index (χ3n) is 7.66. The molecule has 266 valence electrons. The van der Waals surface area contributed by atoms with Gasteiger partial charge < -0.3 is 37.9 Å². The summed E-state index contributed by atoms with van der Waals surface area (Å²) >= 11 is 0. The second-order valence-corrected chi connectivity index (χ2v) is 11.8. The van der Waals surface area contributed by atoms with E-state index in [1.165, 1.54) is 49.9 Å². The predicted octanol–water partition coefficient (Wildman–Crippen LogP) is 8.61. The lowest BCUT2D eigenvalue weighted by molar-refractivity contribution is -0.272. The third-order valence-corrected chi connectivity index (χ3v) is 7.66. The molecule has 1 aromatic rings. The molecular formula is C36H62O10. The summed E-state index contributed by atoms with van der Waals surface area (Å²) in [6.07, 6.45) is 5.15. The van der Waals surface area contributed by atoms with Crippen LogP contribution in [0.4, 0.5) is 0 Å². The van der Waals surface area contributed by atoms with E-state index in [0.717, 1.165) is 25.7 Å². The molecule has 0 amide bonds. The van der Waals surface area contributed by atoms with Gasteiger partial charge in [0.05, 0.1) is 24.3 Å². The number of carbonyl (C=O) groups excluding carboxylic acids is 2. The maximum Gasteiger partial charge on any atom is 0.340 e. The van der Waals surface area contributed by atoms with Crippen molar-refractivity contribution in [1.29, 1.82) is 0 Å². The number of unbranched alkanes of at least 4 members (excludes halogenated alkanes) is 2. The van der Waals surface area contributed by atoms with Gasteiger partial charge in [0.15, 0.2) is 25.2 Å². The summed E-state index contributed by atoms with van der Waals surface area (Å²) in [5.74, 6) is -0.188. The first-order valence-corrected chi connectivity index (χ1v) is 17.3. The second-order valence-electron chi connectivity index (χ2n) is 11.8. The summed E-state index contributed by atoms with van der Waals surface area (Å²) < 4.78 is 45.3. The minimum absolute atomic E-state index is 0.260. The first-order chi connectivity index (χ1) is 21.9. The van der Waals surface area contributed by atoms with E-state index in [2.05, 4.69) is 27.7 Å². The van der Waals surface area contributed by atoms with Gasteiger partial charge >= 0.3 is 11.9 Å². The minimum Gasteiger partial charge on any atom is -0.432 e. The van der Waals surface area contributed by atoms with E-state index in [1.807, 2.05) is 13.8 Å². The Labute approximate surface area is 278 Å². The smallest absolute Gasteiger partial charge is 0.340 e. The second kappa shape index (κ2) is 24.1. The van der Waals surface area contributed by atoms with Crippen molar-refractivity contribution in [3.63, 3.8) is 0 Å². The number of hydrogen-bond donors (Lipinski definition) is 0. The summed E-state index contributed by atoms with van der Waals surface area (Å²) in [4.78, 5) is 25.3. The fraction of sp³-hybridized carbons (Fsp3) is 0.778. The van der Waals surface area contributed by atoms with Crippen molar-refractivity contribution in [3.8, 4) is 0 Å². The molecule has 10 nitrogen and oxygen atoms in total. The van der Waals surface area contributed by atoms with Gasteiger partial charge in [0.1, 0.15) is 0 Å². The van der Waals surface area contributed by atoms with E-state index in [0.29, 0.717) is 25.0 Å². The molecule has 1 aromatic carbocycles. The molecule has 10 heteroatoms. The summed E-state index contributed by atoms with van der Waals surface area (Å²) in [7, 11) is 0. The third kappa shape index (κ3) is 18.3. The lowest BCUT2D eigenvalue weighted by atomic mass is 10.0. The van der Waals surface area contributed by atoms with Gasteiger partial charge in [-0.2, -0.15) is 0 Å². The van der Waals surface area contributed by atoms with E-state index >= 15 is 0 Å². The maximum absolute atomic E-state index is 12.6. The zero-order valence-corrected chi connectivity index (χ0v) is 30.1. The van der Waals surface area contributed by atoms with Gasteiger partial charge in [0.25, 0.3) is 0 Å². The Kier molecular flexibility index (Phi) is 22.0. The number of ether oxygens (including phenoxy) is 8. The summed E-state index contributed by atoms with van der Waals surface area (Å²) in [5, 5.41) is 0. The highest BCUT2D eigenvalue weighted by Crippen LogP contribution is 2.17. The molecule has 0 aliphatic carbocycles. The summed E-state index contributed by atoms with van der Waals surface area (Å²) in [6, 6.07) is 5.96. The molecule has 0 spiro atoms. The van der Waals surface area contributed by atoms with Crippen molar-refractivity contribution in [1.82, 2.24) is 0 Å². The number of rotatable bonds is 26. The average Bonchev–Trinajstić information content (AvgIpc) is 3.00. The van der Waals surface area contributed by atoms with E-state index in [4.69, 9.17) is 37.9 Å². The van der Waals surface area contributed by atoms with Crippen LogP contribution in [-0.4, -0.2) is 62.9 Å². The minimum atomic E-state index is -0.864. The highest BCUT2D eigenvalue weighted by atomic mass is 16.8. The van der Waals surface area contributed by atoms with Crippen molar-refractivity contribution >= 4 is 11.9 Å². The predicted molar refractivity (Wildman–Crippen MR) is 177 cm³/mol. The van der Waals surface area contributed by atoms with Crippen LogP contribution in [-0.2, 0) is 37.9 Å². The Hall–Kier alpha value is -2.08. The summed E-state index contributed by atoms with van der Waals surface area (Å²) in [5.41, 5.74) is 0.519. The molecule has 8 atom stereocenters. The Balaban J connectivity index is 2.44. The molecule has 8 unspecified atom stereocenters. The average molecular weight is 655 g/mol. The molecule has 0 N–H and O–H groups in total. The van der Waals surface area contributed by atoms with Crippen LogP contribution in [0.25, 0.3) is 0 Å². The number of hydrogen-bond acceptors (Lipinski definition) is 10. The van der Waals surface area contributed by atoms with Crippen LogP contribution in [0.1, 0.15) is 141 Å². The van der Waals surface area contributed by atoms with Crippen LogP contribution in [0.5, 0.6) is 0 Å². The Morgan fingerprint density at radius 2 is 0.848 bits per heavy atom. The SMILES string of the molecule is CCCCC(CC)COC(C)OC(C)OC(C)OC(=O)c1ccc(C(=O)OC(C)OC(C)OC(C)OCC(CC)CCCC)cc1. The van der Waals surface area contributed by atoms with Gasteiger partial charge in [-0.25, -0.2) is 9.59 Å². The molecule has 0 saturated carbocycles. The van der Waals surface area contributed by atoms with Gasteiger partial charge in [-0.05, 0) is 90.5 Å². The summed E-state index contributed by atoms with van der Waals surface area (Å²) in [6.45, 7) is 20.3. The van der Waals surface area contributed by atoms with Crippen LogP contribution in [0.2, 0.25) is 0 Å². The standard InChI is InChI=1S/C36H62O10/c1-11-15-17-31(13-3)23-39-25(5)41-27(7)43-29(9)45-35(37)33-19-21-34(22-20-33)36(38)46-30(10)44-28(8)42-26(6)40-24-32(14-4)18-16-12-2/h19-22,25-32H,11-18,23-24H2,1-10H3. The van der Waals surface area contributed by atoms with Crippen molar-refractivity contribution in [3.05, 3.63) is 35.4 Å². The number of benzene rings is 1. The molecule has 0 radical (unpaired) electrons. The molecule has 0 aromatic heterocycles. The normalized spacial score (nSPS) is 16.9. The molecule has 46 heavy (non-hydrogen) atoms. The van der Waals surface area contributed by atoms with Gasteiger partial charge in [0.2, 0.25) is 12.6 Å². The van der Waals surface area contributed by atoms with Crippen molar-refractivity contribution in [2.75, 3.05) is 13.2 Å². The molecule has 0 aliphatic rings. The topological polar surface area (TPSA) is 108 Å². The molecule has 0 fully saturated rings. The van der Waals surface area contributed by atoms with E-state index in [9.17, 15) is 9.59 Å². The molecule has 0 aliphatic heterocycles. The van der Waals surface area contributed by atoms with E-state index in [-0.39, 0.29) is 11.1 Å². The first kappa shape index (κ1) is 41.9. The van der Waals surface area contributed by atoms with E-state index < -0.39 is 49.7 Å². The fourth-order valence-electron chi connectivity index (χ4n) is 4.80. The van der Waals surface area contributed by atoms with Crippen LogP contribution in [0, 0.1) is 11.8 Å². The van der Waals surface area contributed by atoms with Gasteiger partial charge in [0, 0.05) is 0 Å². The van der Waals surface area contributed by atoms with Crippen molar-refractivity contribution in [2.45, 2.75) is 158 Å². The monoisotopic (exact) mass is 654 g/mol. The largest absolute Gasteiger partial charge is 0.432 e. The van der Waals surface area contributed by atoms with Crippen LogP contribution in [0.15, 0.2) is 24.3 Å². The zero-order valence-electron chi connectivity index (χ0n) is 30.1. The molecule has 0 saturated heterocycles. The van der Waals surface area contributed by atoms with Gasteiger partial charge in [-0.15, -0.1) is 0 Å². The Morgan fingerprint density at radius 1 is 0.522 bits per heavy atom. The quantitative estimate of drug-likeness (QED) is 0.0712. The lowest BCUT2D eigenvalue weighted by Gasteiger charge is -2.24. The van der Waals surface area contributed by atoms with Crippen molar-refractivity contribution in [2.24, 2.45) is 11.8 Å². The van der Waals surface area contributed by atoms with Gasteiger partial charge in [-0.1, -0.05) is 66.2 Å². The van der Waals surface area contributed by atoms with Crippen LogP contribution >= 0.6 is 0 Å². The zero-order chi connectivity index (χ0) is 34.5. The van der Waals surface area contributed by atoms with Crippen LogP contribution < -0.4 is 0 Å². The molecule has 0 bridgehead atoms. The van der Waals surface area contributed by atoms with E-state index in [1.54, 1.807) is 27.7 Å². The number of esters is 2. The fourth-order valence-corrected chi connectivity index (χ4v) is 4.80. The van der Waals surface area contributed by atoms with Gasteiger partial charge in [-0.3, -0.25) is 0 Å². The molecular weight excluding hydrogens is 592 g/mol. The highest BCUT2D eigenvalue weighted by Gasteiger charge is 2.21. The van der Waals surface area contributed by atoms with Crippen molar-refractivity contribution < 1.29 is 47.5 Å². The maximum atomic E-state index is 12.6.